The molecule has 0 aliphatic rings. The molecule has 1 N–H and O–H groups in total. The smallest absolute Gasteiger partial charge is 0.410 e. The summed E-state index contributed by atoms with van der Waals surface area (Å²) >= 11 is 1.55. The van der Waals surface area contributed by atoms with Crippen LogP contribution in [-0.4, -0.2) is 15.5 Å². The fraction of sp³-hybridized carbons (Fsp3) is 0.0769. The van der Waals surface area contributed by atoms with Gasteiger partial charge in [-0.05, 0) is 12.1 Å². The van der Waals surface area contributed by atoms with Gasteiger partial charge in [-0.15, -0.1) is 11.3 Å². The van der Waals surface area contributed by atoms with Crippen LogP contribution in [0.3, 0.4) is 0 Å². The third-order valence-corrected chi connectivity index (χ3v) is 3.28. The molecule has 0 aliphatic heterocycles. The normalized spacial score (nSPS) is 10.5. The number of amides is 1. The van der Waals surface area contributed by atoms with Gasteiger partial charge in [-0.3, -0.25) is 4.40 Å². The summed E-state index contributed by atoms with van der Waals surface area (Å²) < 4.78 is 7.03. The van der Waals surface area contributed by atoms with Crippen molar-refractivity contribution in [3.05, 3.63) is 53.8 Å². The Bertz CT molecular complexity index is 662. The number of ether oxygens (including phenoxy) is 1. The molecule has 0 spiro atoms. The molecule has 0 fully saturated rings. The Morgan fingerprint density at radius 3 is 3.00 bits per heavy atom. The molecule has 3 rings (SSSR count). The van der Waals surface area contributed by atoms with Crippen LogP contribution < -0.4 is 10.1 Å². The van der Waals surface area contributed by atoms with Crippen molar-refractivity contribution in [3.8, 4) is 5.75 Å². The van der Waals surface area contributed by atoms with Crippen LogP contribution in [0.25, 0.3) is 4.96 Å². The molecule has 0 saturated carbocycles. The van der Waals surface area contributed by atoms with Crippen molar-refractivity contribution in [1.82, 2.24) is 14.7 Å². The quantitative estimate of drug-likeness (QED) is 0.798. The Labute approximate surface area is 113 Å². The predicted octanol–water partition coefficient (Wildman–Crippen LogP) is 2.68. The molecule has 0 aliphatic carbocycles. The van der Waals surface area contributed by atoms with E-state index >= 15 is 0 Å². The molecule has 0 atom stereocenters. The Morgan fingerprint density at radius 1 is 1.37 bits per heavy atom. The summed E-state index contributed by atoms with van der Waals surface area (Å²) in [6.07, 6.45) is 3.33. The molecular formula is C13H11N3O2S. The number of para-hydroxylation sites is 1. The molecule has 0 saturated heterocycles. The van der Waals surface area contributed by atoms with Crippen LogP contribution in [0, 0.1) is 0 Å². The lowest BCUT2D eigenvalue weighted by Crippen LogP contribution is -2.26. The third-order valence-electron chi connectivity index (χ3n) is 2.51. The van der Waals surface area contributed by atoms with E-state index in [1.165, 1.54) is 0 Å². The van der Waals surface area contributed by atoms with Crippen molar-refractivity contribution in [1.29, 1.82) is 0 Å². The maximum atomic E-state index is 11.6. The first kappa shape index (κ1) is 11.7. The van der Waals surface area contributed by atoms with E-state index in [2.05, 4.69) is 10.3 Å². The van der Waals surface area contributed by atoms with Crippen LogP contribution in [0.5, 0.6) is 5.75 Å². The SMILES string of the molecule is O=C(NCc1cn2ccsc2n1)Oc1ccccc1. The Balaban J connectivity index is 1.57. The maximum absolute atomic E-state index is 11.6. The van der Waals surface area contributed by atoms with E-state index in [4.69, 9.17) is 4.74 Å². The standard InChI is InChI=1S/C13H11N3O2S/c17-13(18-11-4-2-1-3-5-11)14-8-10-9-16-6-7-19-12(16)15-10/h1-7,9H,8H2,(H,14,17). The molecule has 3 aromatic rings. The van der Waals surface area contributed by atoms with Gasteiger partial charge in [0.15, 0.2) is 4.96 Å². The van der Waals surface area contributed by atoms with Gasteiger partial charge in [0.2, 0.25) is 0 Å². The highest BCUT2D eigenvalue weighted by Gasteiger charge is 2.06. The van der Waals surface area contributed by atoms with Gasteiger partial charge in [0, 0.05) is 17.8 Å². The number of nitrogens with zero attached hydrogens (tertiary/aromatic N) is 2. The second kappa shape index (κ2) is 5.11. The van der Waals surface area contributed by atoms with E-state index in [9.17, 15) is 4.79 Å². The summed E-state index contributed by atoms with van der Waals surface area (Å²) in [6, 6.07) is 8.94. The van der Waals surface area contributed by atoms with Gasteiger partial charge in [-0.2, -0.15) is 0 Å². The van der Waals surface area contributed by atoms with Crippen LogP contribution >= 0.6 is 11.3 Å². The number of imidazole rings is 1. The molecule has 6 heteroatoms. The zero-order valence-corrected chi connectivity index (χ0v) is 10.8. The Hall–Kier alpha value is -2.34. The number of rotatable bonds is 3. The highest BCUT2D eigenvalue weighted by atomic mass is 32.1. The minimum atomic E-state index is -0.484. The van der Waals surface area contributed by atoms with Crippen LogP contribution in [0.2, 0.25) is 0 Å². The summed E-state index contributed by atoms with van der Waals surface area (Å²) in [6.45, 7) is 0.347. The van der Waals surface area contributed by atoms with Gasteiger partial charge < -0.3 is 10.1 Å². The summed E-state index contributed by atoms with van der Waals surface area (Å²) in [5, 5.41) is 4.63. The van der Waals surface area contributed by atoms with Gasteiger partial charge in [0.1, 0.15) is 5.75 Å². The van der Waals surface area contributed by atoms with E-state index < -0.39 is 6.09 Å². The van der Waals surface area contributed by atoms with Gasteiger partial charge in [-0.25, -0.2) is 9.78 Å². The van der Waals surface area contributed by atoms with Crippen molar-refractivity contribution < 1.29 is 9.53 Å². The molecule has 2 aromatic heterocycles. The average molecular weight is 273 g/mol. The van der Waals surface area contributed by atoms with Crippen LogP contribution in [0.1, 0.15) is 5.69 Å². The van der Waals surface area contributed by atoms with Gasteiger partial charge in [0.25, 0.3) is 0 Å². The largest absolute Gasteiger partial charge is 0.412 e. The van der Waals surface area contributed by atoms with E-state index in [1.807, 2.05) is 40.4 Å². The number of hydrogen-bond acceptors (Lipinski definition) is 4. The second-order valence-electron chi connectivity index (χ2n) is 3.88. The van der Waals surface area contributed by atoms with E-state index in [0.29, 0.717) is 12.3 Å². The Morgan fingerprint density at radius 2 is 2.21 bits per heavy atom. The van der Waals surface area contributed by atoms with Crippen molar-refractivity contribution in [2.45, 2.75) is 6.54 Å². The van der Waals surface area contributed by atoms with Crippen LogP contribution in [0.4, 0.5) is 4.79 Å². The molecule has 19 heavy (non-hydrogen) atoms. The molecule has 1 amide bonds. The topological polar surface area (TPSA) is 55.6 Å². The van der Waals surface area contributed by atoms with Crippen LogP contribution in [0.15, 0.2) is 48.1 Å². The number of aromatic nitrogens is 2. The van der Waals surface area contributed by atoms with Crippen molar-refractivity contribution in [2.24, 2.45) is 0 Å². The molecule has 0 bridgehead atoms. The zero-order valence-electron chi connectivity index (χ0n) is 9.95. The van der Waals surface area contributed by atoms with Gasteiger partial charge >= 0.3 is 6.09 Å². The first-order chi connectivity index (χ1) is 9.31. The van der Waals surface area contributed by atoms with Gasteiger partial charge in [-0.1, -0.05) is 18.2 Å². The number of benzene rings is 1. The number of carbonyl (C=O) groups excluding carboxylic acids is 1. The highest BCUT2D eigenvalue weighted by molar-refractivity contribution is 7.15. The van der Waals surface area contributed by atoms with E-state index in [1.54, 1.807) is 23.5 Å². The first-order valence-electron chi connectivity index (χ1n) is 5.73. The lowest BCUT2D eigenvalue weighted by Gasteiger charge is -2.04. The fourth-order valence-corrected chi connectivity index (χ4v) is 2.37. The molecule has 5 nitrogen and oxygen atoms in total. The molecule has 96 valence electrons. The minimum absolute atomic E-state index is 0.347. The summed E-state index contributed by atoms with van der Waals surface area (Å²) in [5.41, 5.74) is 0.803. The fourth-order valence-electron chi connectivity index (χ4n) is 1.66. The Kier molecular flexibility index (Phi) is 3.16. The monoisotopic (exact) mass is 273 g/mol. The lowest BCUT2D eigenvalue weighted by molar-refractivity contribution is 0.200. The first-order valence-corrected chi connectivity index (χ1v) is 6.61. The lowest BCUT2D eigenvalue weighted by atomic mass is 10.3. The summed E-state index contributed by atoms with van der Waals surface area (Å²) in [5.74, 6) is 0.519. The van der Waals surface area contributed by atoms with E-state index in [-0.39, 0.29) is 0 Å². The molecule has 0 radical (unpaired) electrons. The number of fused-ring (bicyclic) bond motifs is 1. The number of nitrogens with one attached hydrogen (secondary N) is 1. The minimum Gasteiger partial charge on any atom is -0.410 e. The van der Waals surface area contributed by atoms with Crippen LogP contribution in [-0.2, 0) is 6.54 Å². The van der Waals surface area contributed by atoms with Crippen molar-refractivity contribution in [3.63, 3.8) is 0 Å². The molecule has 1 aromatic carbocycles. The average Bonchev–Trinajstić information content (AvgIpc) is 2.98. The number of carbonyl (C=O) groups is 1. The molecular weight excluding hydrogens is 262 g/mol. The maximum Gasteiger partial charge on any atom is 0.412 e. The van der Waals surface area contributed by atoms with Crippen molar-refractivity contribution in [2.75, 3.05) is 0 Å². The third kappa shape index (κ3) is 2.74. The summed E-state index contributed by atoms with van der Waals surface area (Å²) in [4.78, 5) is 16.8. The zero-order chi connectivity index (χ0) is 13.1. The molecule has 0 unspecified atom stereocenters. The van der Waals surface area contributed by atoms with Gasteiger partial charge in [0.05, 0.1) is 12.2 Å². The predicted molar refractivity (Wildman–Crippen MR) is 72.4 cm³/mol. The second-order valence-corrected chi connectivity index (χ2v) is 4.75. The molecule has 2 heterocycles. The number of hydrogen-bond donors (Lipinski definition) is 1. The summed E-state index contributed by atoms with van der Waals surface area (Å²) in [7, 11) is 0. The van der Waals surface area contributed by atoms with Crippen molar-refractivity contribution >= 4 is 22.4 Å². The highest BCUT2D eigenvalue weighted by Crippen LogP contribution is 2.11. The van der Waals surface area contributed by atoms with E-state index in [0.717, 1.165) is 10.7 Å². The number of thiazole rings is 1.